The number of likely N-dealkylation sites (N-methyl/N-ethyl adjacent to an activating group) is 1. The van der Waals surface area contributed by atoms with Crippen molar-refractivity contribution in [2.45, 2.75) is 38.8 Å². The van der Waals surface area contributed by atoms with Crippen LogP contribution in [-0.4, -0.2) is 36.6 Å². The molecule has 19 heavy (non-hydrogen) atoms. The van der Waals surface area contributed by atoms with E-state index in [0.29, 0.717) is 12.5 Å². The second-order valence-electron chi connectivity index (χ2n) is 6.11. The Morgan fingerprint density at radius 2 is 2.05 bits per heavy atom. The van der Waals surface area contributed by atoms with Crippen molar-refractivity contribution in [3.63, 3.8) is 0 Å². The van der Waals surface area contributed by atoms with Crippen molar-refractivity contribution in [1.82, 2.24) is 4.90 Å². The molecule has 1 aromatic rings. The summed E-state index contributed by atoms with van der Waals surface area (Å²) in [5, 5.41) is 9.02. The largest absolute Gasteiger partial charge is 0.368 e. The zero-order chi connectivity index (χ0) is 14.0. The van der Waals surface area contributed by atoms with E-state index in [1.165, 1.54) is 11.3 Å². The van der Waals surface area contributed by atoms with E-state index in [2.05, 4.69) is 68.0 Å². The molecule has 1 aliphatic rings. The molecule has 1 unspecified atom stereocenters. The van der Waals surface area contributed by atoms with Crippen LogP contribution < -0.4 is 4.90 Å². The Hall–Kier alpha value is -1.53. The minimum Gasteiger partial charge on any atom is -0.368 e. The van der Waals surface area contributed by atoms with Crippen LogP contribution in [0, 0.1) is 18.3 Å². The van der Waals surface area contributed by atoms with Crippen molar-refractivity contribution in [3.8, 4) is 6.07 Å². The molecule has 0 aliphatic carbocycles. The van der Waals surface area contributed by atoms with Crippen LogP contribution in [-0.2, 0) is 0 Å². The van der Waals surface area contributed by atoms with Crippen LogP contribution in [0.2, 0.25) is 0 Å². The number of nitriles is 1. The summed E-state index contributed by atoms with van der Waals surface area (Å²) in [7, 11) is 2.14. The van der Waals surface area contributed by atoms with Crippen molar-refractivity contribution in [2.75, 3.05) is 25.0 Å². The molecule has 1 heterocycles. The normalized spacial score (nSPS) is 23.1. The first-order chi connectivity index (χ1) is 8.95. The molecule has 1 aromatic carbocycles. The number of hydrogen-bond acceptors (Lipinski definition) is 3. The summed E-state index contributed by atoms with van der Waals surface area (Å²) in [6, 6.07) is 11.1. The van der Waals surface area contributed by atoms with Gasteiger partial charge in [-0.3, -0.25) is 4.90 Å². The topological polar surface area (TPSA) is 30.3 Å². The van der Waals surface area contributed by atoms with Gasteiger partial charge in [0.25, 0.3) is 0 Å². The summed E-state index contributed by atoms with van der Waals surface area (Å²) < 4.78 is 0. The number of para-hydroxylation sites is 1. The first kappa shape index (κ1) is 13.9. The zero-order valence-electron chi connectivity index (χ0n) is 12.3. The number of benzene rings is 1. The highest BCUT2D eigenvalue weighted by Gasteiger charge is 2.37. The molecule has 102 valence electrons. The summed E-state index contributed by atoms with van der Waals surface area (Å²) in [5.41, 5.74) is 2.69. The molecule has 1 aliphatic heterocycles. The molecule has 3 nitrogen and oxygen atoms in total. The van der Waals surface area contributed by atoms with Crippen LogP contribution in [0.4, 0.5) is 5.69 Å². The standard InChI is InChI=1S/C16H23N3/c1-13-7-5-6-8-15(13)19-11-14(9-10-17)18(4)16(2,3)12-19/h5-8,14H,9,11-12H2,1-4H3. The molecule has 1 fully saturated rings. The Labute approximate surface area is 116 Å². The monoisotopic (exact) mass is 257 g/mol. The van der Waals surface area contributed by atoms with Gasteiger partial charge in [0.05, 0.1) is 12.5 Å². The average Bonchev–Trinajstić information content (AvgIpc) is 2.35. The quantitative estimate of drug-likeness (QED) is 0.816. The van der Waals surface area contributed by atoms with E-state index in [0.717, 1.165) is 13.1 Å². The number of aryl methyl sites for hydroxylation is 1. The lowest BCUT2D eigenvalue weighted by molar-refractivity contribution is 0.0826. The Balaban J connectivity index is 2.29. The molecule has 0 saturated carbocycles. The van der Waals surface area contributed by atoms with Crippen molar-refractivity contribution in [3.05, 3.63) is 29.8 Å². The zero-order valence-corrected chi connectivity index (χ0v) is 12.3. The van der Waals surface area contributed by atoms with E-state index in [1.54, 1.807) is 0 Å². The highest BCUT2D eigenvalue weighted by atomic mass is 15.3. The summed E-state index contributed by atoms with van der Waals surface area (Å²) in [6.07, 6.45) is 0.586. The molecular weight excluding hydrogens is 234 g/mol. The third-order valence-electron chi connectivity index (χ3n) is 4.29. The molecule has 0 N–H and O–H groups in total. The Morgan fingerprint density at radius 1 is 1.37 bits per heavy atom. The number of rotatable bonds is 2. The Kier molecular flexibility index (Phi) is 3.82. The number of piperazine rings is 1. The highest BCUT2D eigenvalue weighted by Crippen LogP contribution is 2.30. The van der Waals surface area contributed by atoms with Gasteiger partial charge in [0, 0.05) is 30.4 Å². The van der Waals surface area contributed by atoms with Crippen LogP contribution >= 0.6 is 0 Å². The Bertz CT molecular complexity index is 487. The average molecular weight is 257 g/mol. The predicted molar refractivity (Wildman–Crippen MR) is 79.3 cm³/mol. The second kappa shape index (κ2) is 5.22. The van der Waals surface area contributed by atoms with Gasteiger partial charge in [-0.2, -0.15) is 5.26 Å². The van der Waals surface area contributed by atoms with E-state index >= 15 is 0 Å². The Morgan fingerprint density at radius 3 is 2.68 bits per heavy atom. The third kappa shape index (κ3) is 2.74. The van der Waals surface area contributed by atoms with E-state index in [1.807, 2.05) is 0 Å². The second-order valence-corrected chi connectivity index (χ2v) is 6.11. The van der Waals surface area contributed by atoms with Crippen LogP contribution in [0.5, 0.6) is 0 Å². The lowest BCUT2D eigenvalue weighted by Gasteiger charge is -2.50. The molecule has 3 heteroatoms. The predicted octanol–water partition coefficient (Wildman–Crippen LogP) is 2.81. The maximum Gasteiger partial charge on any atom is 0.0638 e. The molecule has 0 radical (unpaired) electrons. The van der Waals surface area contributed by atoms with Crippen molar-refractivity contribution >= 4 is 5.69 Å². The SMILES string of the molecule is Cc1ccccc1N1CC(CC#N)N(C)C(C)(C)C1. The van der Waals surface area contributed by atoms with E-state index in [9.17, 15) is 0 Å². The number of anilines is 1. The maximum absolute atomic E-state index is 9.02. The fourth-order valence-electron chi connectivity index (χ4n) is 2.92. The lowest BCUT2D eigenvalue weighted by atomic mass is 9.93. The van der Waals surface area contributed by atoms with Crippen LogP contribution in [0.3, 0.4) is 0 Å². The summed E-state index contributed by atoms with van der Waals surface area (Å²) in [4.78, 5) is 4.78. The lowest BCUT2D eigenvalue weighted by Crippen LogP contribution is -2.62. The van der Waals surface area contributed by atoms with Crippen LogP contribution in [0.1, 0.15) is 25.8 Å². The molecular formula is C16H23N3. The van der Waals surface area contributed by atoms with Crippen molar-refractivity contribution in [2.24, 2.45) is 0 Å². The molecule has 0 spiro atoms. The first-order valence-electron chi connectivity index (χ1n) is 6.86. The summed E-state index contributed by atoms with van der Waals surface area (Å²) in [6.45, 7) is 8.58. The molecule has 0 bridgehead atoms. The van der Waals surface area contributed by atoms with Gasteiger partial charge in [0.2, 0.25) is 0 Å². The van der Waals surface area contributed by atoms with Gasteiger partial charge in [-0.15, -0.1) is 0 Å². The van der Waals surface area contributed by atoms with Crippen molar-refractivity contribution < 1.29 is 0 Å². The van der Waals surface area contributed by atoms with Gasteiger partial charge in [-0.1, -0.05) is 18.2 Å². The summed E-state index contributed by atoms with van der Waals surface area (Å²) >= 11 is 0. The minimum absolute atomic E-state index is 0.0854. The van der Waals surface area contributed by atoms with E-state index in [4.69, 9.17) is 5.26 Å². The van der Waals surface area contributed by atoms with Gasteiger partial charge in [0.1, 0.15) is 0 Å². The smallest absolute Gasteiger partial charge is 0.0638 e. The van der Waals surface area contributed by atoms with Crippen LogP contribution in [0.25, 0.3) is 0 Å². The number of nitrogens with zero attached hydrogens (tertiary/aromatic N) is 3. The third-order valence-corrected chi connectivity index (χ3v) is 4.29. The number of hydrogen-bond donors (Lipinski definition) is 0. The fourth-order valence-corrected chi connectivity index (χ4v) is 2.92. The van der Waals surface area contributed by atoms with Gasteiger partial charge in [0.15, 0.2) is 0 Å². The fraction of sp³-hybridized carbons (Fsp3) is 0.562. The highest BCUT2D eigenvalue weighted by molar-refractivity contribution is 5.54. The van der Waals surface area contributed by atoms with Crippen LogP contribution in [0.15, 0.2) is 24.3 Å². The van der Waals surface area contributed by atoms with Gasteiger partial charge in [-0.05, 0) is 39.4 Å². The van der Waals surface area contributed by atoms with E-state index in [-0.39, 0.29) is 5.54 Å². The molecule has 1 atom stereocenters. The van der Waals surface area contributed by atoms with Crippen molar-refractivity contribution in [1.29, 1.82) is 5.26 Å². The first-order valence-corrected chi connectivity index (χ1v) is 6.86. The molecule has 0 amide bonds. The molecule has 2 rings (SSSR count). The minimum atomic E-state index is 0.0854. The van der Waals surface area contributed by atoms with Gasteiger partial charge in [-0.25, -0.2) is 0 Å². The summed E-state index contributed by atoms with van der Waals surface area (Å²) in [5.74, 6) is 0. The van der Waals surface area contributed by atoms with Gasteiger partial charge < -0.3 is 4.90 Å². The van der Waals surface area contributed by atoms with Gasteiger partial charge >= 0.3 is 0 Å². The maximum atomic E-state index is 9.02. The molecule has 0 aromatic heterocycles. The molecule has 1 saturated heterocycles. The van der Waals surface area contributed by atoms with E-state index < -0.39 is 0 Å².